The van der Waals surface area contributed by atoms with Crippen molar-refractivity contribution in [3.8, 4) is 6.07 Å². The summed E-state index contributed by atoms with van der Waals surface area (Å²) in [7, 11) is 0. The van der Waals surface area contributed by atoms with Crippen LogP contribution in [0.25, 0.3) is 0 Å². The van der Waals surface area contributed by atoms with Crippen molar-refractivity contribution in [2.45, 2.75) is 6.92 Å². The minimum atomic E-state index is 0.544. The molecule has 3 heteroatoms. The van der Waals surface area contributed by atoms with Crippen molar-refractivity contribution < 1.29 is 0 Å². The fourth-order valence-electron chi connectivity index (χ4n) is 0.342. The maximum atomic E-state index is 7.32. The van der Waals surface area contributed by atoms with E-state index in [9.17, 15) is 0 Å². The lowest BCUT2D eigenvalue weighted by Crippen LogP contribution is -1.65. The van der Waals surface area contributed by atoms with Crippen molar-refractivity contribution in [2.75, 3.05) is 0 Å². The van der Waals surface area contributed by atoms with Crippen molar-refractivity contribution >= 4 is 11.6 Å². The van der Waals surface area contributed by atoms with E-state index in [1.165, 1.54) is 6.92 Å². The van der Waals surface area contributed by atoms with Gasteiger partial charge in [0.05, 0.1) is 6.07 Å². The Labute approximate surface area is 65.1 Å². The maximum absolute atomic E-state index is 7.32. The number of rotatable bonds is 0. The topological polar surface area (TPSA) is 36.7 Å². The summed E-state index contributed by atoms with van der Waals surface area (Å²) in [5.41, 5.74) is 0. The fourth-order valence-corrected chi connectivity index (χ4v) is 0.471. The molecule has 0 amide bonds. The first-order valence-corrected chi connectivity index (χ1v) is 3.06. The highest BCUT2D eigenvalue weighted by Gasteiger charge is 1.76. The quantitative estimate of drug-likeness (QED) is 0.538. The van der Waals surface area contributed by atoms with Crippen LogP contribution in [0.4, 0.5) is 0 Å². The van der Waals surface area contributed by atoms with Gasteiger partial charge >= 0.3 is 0 Å². The van der Waals surface area contributed by atoms with E-state index in [0.717, 1.165) is 0 Å². The molecule has 0 spiro atoms. The smallest absolute Gasteiger partial charge is 0.129 e. The molecular formula is C7H7ClN2. The van der Waals surface area contributed by atoms with E-state index in [4.69, 9.17) is 16.9 Å². The van der Waals surface area contributed by atoms with Crippen LogP contribution >= 0.6 is 11.6 Å². The molecular weight excluding hydrogens is 148 g/mol. The summed E-state index contributed by atoms with van der Waals surface area (Å²) in [5, 5.41) is 7.86. The zero-order chi connectivity index (χ0) is 7.82. The Balaban J connectivity index is 0.000000236. The zero-order valence-electron chi connectivity index (χ0n) is 5.58. The Kier molecular flexibility index (Phi) is 5.41. The second-order valence-electron chi connectivity index (χ2n) is 1.38. The van der Waals surface area contributed by atoms with E-state index in [0.29, 0.717) is 5.15 Å². The van der Waals surface area contributed by atoms with E-state index >= 15 is 0 Å². The molecule has 0 aliphatic carbocycles. The predicted octanol–water partition coefficient (Wildman–Crippen LogP) is 2.26. The van der Waals surface area contributed by atoms with Gasteiger partial charge in [-0.3, -0.25) is 0 Å². The van der Waals surface area contributed by atoms with Gasteiger partial charge in [0.25, 0.3) is 0 Å². The van der Waals surface area contributed by atoms with Crippen molar-refractivity contribution in [1.82, 2.24) is 4.98 Å². The van der Waals surface area contributed by atoms with Gasteiger partial charge in [-0.1, -0.05) is 17.7 Å². The van der Waals surface area contributed by atoms with Gasteiger partial charge in [-0.2, -0.15) is 5.26 Å². The van der Waals surface area contributed by atoms with Crippen LogP contribution in [0, 0.1) is 11.3 Å². The molecule has 52 valence electrons. The molecule has 0 bridgehead atoms. The van der Waals surface area contributed by atoms with Gasteiger partial charge in [0.1, 0.15) is 5.15 Å². The van der Waals surface area contributed by atoms with Crippen LogP contribution in [-0.2, 0) is 0 Å². The molecule has 0 saturated carbocycles. The van der Waals surface area contributed by atoms with E-state index in [-0.39, 0.29) is 0 Å². The number of hydrogen-bond donors (Lipinski definition) is 0. The molecule has 0 saturated heterocycles. The Morgan fingerprint density at radius 3 is 2.40 bits per heavy atom. The predicted molar refractivity (Wildman–Crippen MR) is 40.5 cm³/mol. The van der Waals surface area contributed by atoms with Crippen molar-refractivity contribution in [3.05, 3.63) is 29.5 Å². The Hall–Kier alpha value is -1.07. The van der Waals surface area contributed by atoms with Gasteiger partial charge in [-0.15, -0.1) is 0 Å². The van der Waals surface area contributed by atoms with Crippen LogP contribution in [0.5, 0.6) is 0 Å². The maximum Gasteiger partial charge on any atom is 0.129 e. The largest absolute Gasteiger partial charge is 0.245 e. The van der Waals surface area contributed by atoms with Gasteiger partial charge in [-0.25, -0.2) is 4.98 Å². The van der Waals surface area contributed by atoms with E-state index < -0.39 is 0 Å². The number of nitriles is 1. The number of pyridine rings is 1. The second kappa shape index (κ2) is 6.06. The number of nitrogens with zero attached hydrogens (tertiary/aromatic N) is 2. The average molecular weight is 155 g/mol. The summed E-state index contributed by atoms with van der Waals surface area (Å²) in [6.45, 7) is 1.43. The van der Waals surface area contributed by atoms with Crippen LogP contribution in [0.15, 0.2) is 24.4 Å². The van der Waals surface area contributed by atoms with Crippen LogP contribution in [0.3, 0.4) is 0 Å². The van der Waals surface area contributed by atoms with Crippen LogP contribution in [-0.4, -0.2) is 4.98 Å². The molecule has 0 aromatic carbocycles. The molecule has 1 rings (SSSR count). The molecule has 0 aliphatic heterocycles. The summed E-state index contributed by atoms with van der Waals surface area (Å²) in [4.78, 5) is 3.74. The summed E-state index contributed by atoms with van der Waals surface area (Å²) in [6.07, 6.45) is 1.66. The lowest BCUT2D eigenvalue weighted by molar-refractivity contribution is 1.33. The number of aromatic nitrogens is 1. The van der Waals surface area contributed by atoms with Gasteiger partial charge in [0, 0.05) is 13.1 Å². The highest BCUT2D eigenvalue weighted by atomic mass is 35.5. The van der Waals surface area contributed by atoms with Crippen LogP contribution in [0.2, 0.25) is 5.15 Å². The van der Waals surface area contributed by atoms with Gasteiger partial charge in [0.15, 0.2) is 0 Å². The van der Waals surface area contributed by atoms with Crippen molar-refractivity contribution in [2.24, 2.45) is 0 Å². The standard InChI is InChI=1S/C5H4ClN.C2H3N/c6-5-3-1-2-4-7-5;1-2-3/h1-4H;1H3. The third-order valence-corrected chi connectivity index (χ3v) is 0.852. The summed E-state index contributed by atoms with van der Waals surface area (Å²) >= 11 is 5.43. The molecule has 1 aromatic rings. The second-order valence-corrected chi connectivity index (χ2v) is 1.76. The molecule has 1 heterocycles. The molecule has 0 fully saturated rings. The van der Waals surface area contributed by atoms with Gasteiger partial charge in [0.2, 0.25) is 0 Å². The van der Waals surface area contributed by atoms with Crippen molar-refractivity contribution in [1.29, 1.82) is 5.26 Å². The SMILES string of the molecule is CC#N.Clc1ccccn1. The number of halogens is 1. The zero-order valence-corrected chi connectivity index (χ0v) is 6.34. The summed E-state index contributed by atoms with van der Waals surface area (Å²) < 4.78 is 0. The van der Waals surface area contributed by atoms with Gasteiger partial charge < -0.3 is 0 Å². The summed E-state index contributed by atoms with van der Waals surface area (Å²) in [6, 6.07) is 7.16. The molecule has 0 N–H and O–H groups in total. The summed E-state index contributed by atoms with van der Waals surface area (Å²) in [5.74, 6) is 0. The molecule has 0 radical (unpaired) electrons. The van der Waals surface area contributed by atoms with Crippen molar-refractivity contribution in [3.63, 3.8) is 0 Å². The molecule has 1 aromatic heterocycles. The average Bonchev–Trinajstić information content (AvgIpc) is 1.91. The molecule has 2 nitrogen and oxygen atoms in total. The Morgan fingerprint density at radius 2 is 2.20 bits per heavy atom. The van der Waals surface area contributed by atoms with Crippen LogP contribution in [0.1, 0.15) is 6.92 Å². The molecule has 0 unspecified atom stereocenters. The molecule has 0 aliphatic rings. The lowest BCUT2D eigenvalue weighted by atomic mass is 10.5. The fraction of sp³-hybridized carbons (Fsp3) is 0.143. The van der Waals surface area contributed by atoms with Crippen LogP contribution < -0.4 is 0 Å². The minimum absolute atomic E-state index is 0.544. The third-order valence-electron chi connectivity index (χ3n) is 0.629. The van der Waals surface area contributed by atoms with Gasteiger partial charge in [-0.05, 0) is 12.1 Å². The van der Waals surface area contributed by atoms with E-state index in [2.05, 4.69) is 4.98 Å². The van der Waals surface area contributed by atoms with E-state index in [1.807, 2.05) is 12.1 Å². The minimum Gasteiger partial charge on any atom is -0.245 e. The first-order chi connectivity index (χ1) is 4.81. The first-order valence-electron chi connectivity index (χ1n) is 2.68. The monoisotopic (exact) mass is 154 g/mol. The van der Waals surface area contributed by atoms with E-state index in [1.54, 1.807) is 18.3 Å². The highest BCUT2D eigenvalue weighted by Crippen LogP contribution is 1.98. The third kappa shape index (κ3) is 5.07. The highest BCUT2D eigenvalue weighted by molar-refractivity contribution is 6.29. The first kappa shape index (κ1) is 8.93. The number of hydrogen-bond acceptors (Lipinski definition) is 2. The molecule has 0 atom stereocenters. The lowest BCUT2D eigenvalue weighted by Gasteiger charge is -1.79. The Morgan fingerprint density at radius 1 is 1.60 bits per heavy atom. The Bertz CT molecular complexity index is 203. The molecule has 10 heavy (non-hydrogen) atoms. The normalized spacial score (nSPS) is 6.90.